The number of carbonyl (C=O) groups excluding carboxylic acids is 1. The van der Waals surface area contributed by atoms with Gasteiger partial charge in [0.15, 0.2) is 0 Å². The normalized spacial score (nSPS) is 25.7. The molecule has 1 amide bonds. The van der Waals surface area contributed by atoms with Gasteiger partial charge in [-0.25, -0.2) is 14.0 Å². The van der Waals surface area contributed by atoms with Crippen LogP contribution in [0.2, 0.25) is 0 Å². The van der Waals surface area contributed by atoms with Crippen molar-refractivity contribution in [1.29, 1.82) is 0 Å². The Kier molecular flexibility index (Phi) is 3.83. The van der Waals surface area contributed by atoms with Gasteiger partial charge < -0.3 is 4.90 Å². The molecular formula is C15H21N4OPS. The van der Waals surface area contributed by atoms with E-state index in [0.717, 1.165) is 57.9 Å². The first kappa shape index (κ1) is 14.8. The first-order valence-electron chi connectivity index (χ1n) is 7.90. The lowest BCUT2D eigenvalue weighted by atomic mass is 10.2. The van der Waals surface area contributed by atoms with Gasteiger partial charge in [0.1, 0.15) is 6.49 Å². The van der Waals surface area contributed by atoms with Crippen molar-refractivity contribution < 1.29 is 4.79 Å². The Morgan fingerprint density at radius 3 is 1.77 bits per heavy atom. The number of hydrogen-bond donors (Lipinski definition) is 0. The molecule has 1 aromatic carbocycles. The number of carbonyl (C=O) groups is 1. The van der Waals surface area contributed by atoms with Crippen LogP contribution in [-0.2, 0) is 11.8 Å². The van der Waals surface area contributed by atoms with Crippen LogP contribution in [-0.4, -0.2) is 77.2 Å². The van der Waals surface area contributed by atoms with Crippen LogP contribution >= 0.6 is 6.49 Å². The third-order valence-electron chi connectivity index (χ3n) is 4.90. The molecule has 0 spiro atoms. The molecule has 0 N–H and O–H groups in total. The molecule has 3 aliphatic heterocycles. The molecule has 3 saturated heterocycles. The van der Waals surface area contributed by atoms with Crippen molar-refractivity contribution in [1.82, 2.24) is 18.9 Å². The minimum Gasteiger partial charge on any atom is -0.336 e. The second-order valence-corrected chi connectivity index (χ2v) is 10.2. The van der Waals surface area contributed by atoms with E-state index in [-0.39, 0.29) is 5.91 Å². The van der Waals surface area contributed by atoms with Crippen molar-refractivity contribution in [2.24, 2.45) is 0 Å². The second-order valence-electron chi connectivity index (χ2n) is 6.03. The maximum absolute atomic E-state index is 12.7. The van der Waals surface area contributed by atoms with Crippen LogP contribution in [0.3, 0.4) is 0 Å². The van der Waals surface area contributed by atoms with Crippen LogP contribution in [0.1, 0.15) is 10.4 Å². The van der Waals surface area contributed by atoms with E-state index in [2.05, 4.69) is 14.0 Å². The first-order valence-corrected chi connectivity index (χ1v) is 10.6. The van der Waals surface area contributed by atoms with Gasteiger partial charge in [-0.15, -0.1) is 0 Å². The minimum absolute atomic E-state index is 0.144. The highest BCUT2D eigenvalue weighted by Gasteiger charge is 2.48. The fourth-order valence-electron chi connectivity index (χ4n) is 3.67. The number of nitrogens with zero attached hydrogens (tertiary/aromatic N) is 4. The van der Waals surface area contributed by atoms with Gasteiger partial charge in [0.2, 0.25) is 0 Å². The highest BCUT2D eigenvalue weighted by atomic mass is 32.4. The van der Waals surface area contributed by atoms with E-state index in [1.165, 1.54) is 0 Å². The van der Waals surface area contributed by atoms with Crippen LogP contribution in [0.5, 0.6) is 0 Å². The SMILES string of the molecule is O=C(c1ccccc1)N1CCN2CCN3CCN(CC1)P23=S. The summed E-state index contributed by atoms with van der Waals surface area (Å²) in [6.45, 7) is 6.04. The molecule has 4 rings (SSSR count). The van der Waals surface area contributed by atoms with Crippen molar-refractivity contribution in [2.75, 3.05) is 52.4 Å². The van der Waals surface area contributed by atoms with E-state index in [1.54, 1.807) is 0 Å². The summed E-state index contributed by atoms with van der Waals surface area (Å²) in [4.78, 5) is 14.7. The van der Waals surface area contributed by atoms with Crippen LogP contribution in [0, 0.1) is 0 Å². The Balaban J connectivity index is 1.54. The van der Waals surface area contributed by atoms with Gasteiger partial charge in [0, 0.05) is 57.9 Å². The smallest absolute Gasteiger partial charge is 0.253 e. The van der Waals surface area contributed by atoms with Crippen LogP contribution in [0.4, 0.5) is 0 Å². The molecule has 0 saturated carbocycles. The average Bonchev–Trinajstić information content (AvgIpc) is 3.00. The molecule has 0 radical (unpaired) electrons. The van der Waals surface area contributed by atoms with E-state index in [4.69, 9.17) is 11.8 Å². The van der Waals surface area contributed by atoms with Gasteiger partial charge in [0.25, 0.3) is 5.91 Å². The fourth-order valence-corrected chi connectivity index (χ4v) is 8.31. The molecule has 7 heteroatoms. The summed E-state index contributed by atoms with van der Waals surface area (Å²) in [5, 5.41) is 0. The monoisotopic (exact) mass is 336 g/mol. The van der Waals surface area contributed by atoms with E-state index < -0.39 is 6.49 Å². The second kappa shape index (κ2) is 5.69. The lowest BCUT2D eigenvalue weighted by Gasteiger charge is -2.40. The van der Waals surface area contributed by atoms with E-state index in [9.17, 15) is 4.79 Å². The third-order valence-corrected chi connectivity index (χ3v) is 10.4. The van der Waals surface area contributed by atoms with Gasteiger partial charge in [-0.2, -0.15) is 0 Å². The first-order chi connectivity index (χ1) is 10.7. The average molecular weight is 336 g/mol. The van der Waals surface area contributed by atoms with Crippen molar-refractivity contribution in [3.05, 3.63) is 35.9 Å². The molecule has 3 heterocycles. The molecule has 3 aliphatic rings. The summed E-state index contributed by atoms with van der Waals surface area (Å²) >= 11 is 6.08. The van der Waals surface area contributed by atoms with E-state index >= 15 is 0 Å². The quantitative estimate of drug-likeness (QED) is 0.722. The molecule has 0 aliphatic carbocycles. The Labute approximate surface area is 136 Å². The van der Waals surface area contributed by atoms with Gasteiger partial charge >= 0.3 is 0 Å². The van der Waals surface area contributed by atoms with E-state index in [1.807, 2.05) is 35.2 Å². The van der Waals surface area contributed by atoms with Crippen LogP contribution < -0.4 is 0 Å². The van der Waals surface area contributed by atoms with Crippen LogP contribution in [0.25, 0.3) is 0 Å². The molecule has 0 aromatic heterocycles. The molecule has 118 valence electrons. The summed E-state index contributed by atoms with van der Waals surface area (Å²) in [5.41, 5.74) is 0.784. The highest BCUT2D eigenvalue weighted by Crippen LogP contribution is 2.62. The summed E-state index contributed by atoms with van der Waals surface area (Å²) in [7, 11) is 0. The van der Waals surface area contributed by atoms with Gasteiger partial charge in [0.05, 0.1) is 0 Å². The Morgan fingerprint density at radius 1 is 0.818 bits per heavy atom. The Hall–Kier alpha value is -0.780. The zero-order valence-corrected chi connectivity index (χ0v) is 14.3. The van der Waals surface area contributed by atoms with Crippen molar-refractivity contribution >= 4 is 24.2 Å². The number of benzene rings is 1. The molecule has 1 aromatic rings. The standard InChI is InChI=1S/C15H21N4OPS/c20-15(14-4-2-1-3-5-14)16-6-8-17-10-12-19-13-11-18(9-7-16)21(17,19)22/h1-5H,6-13H2. The van der Waals surface area contributed by atoms with Gasteiger partial charge in [-0.1, -0.05) is 18.2 Å². The molecule has 22 heavy (non-hydrogen) atoms. The topological polar surface area (TPSA) is 30.0 Å². The molecule has 5 nitrogen and oxygen atoms in total. The van der Waals surface area contributed by atoms with Crippen LogP contribution in [0.15, 0.2) is 30.3 Å². The predicted octanol–water partition coefficient (Wildman–Crippen LogP) is 1.30. The predicted molar refractivity (Wildman–Crippen MR) is 91.3 cm³/mol. The van der Waals surface area contributed by atoms with E-state index in [0.29, 0.717) is 0 Å². The number of rotatable bonds is 1. The highest BCUT2D eigenvalue weighted by molar-refractivity contribution is 8.11. The lowest BCUT2D eigenvalue weighted by molar-refractivity contribution is 0.0734. The van der Waals surface area contributed by atoms with Crippen molar-refractivity contribution in [2.45, 2.75) is 0 Å². The minimum atomic E-state index is -1.65. The molecule has 0 unspecified atom stereocenters. The summed E-state index contributed by atoms with van der Waals surface area (Å²) < 4.78 is 7.45. The number of amides is 1. The molecular weight excluding hydrogens is 315 g/mol. The Morgan fingerprint density at radius 2 is 1.27 bits per heavy atom. The molecule has 0 atom stereocenters. The van der Waals surface area contributed by atoms with Crippen molar-refractivity contribution in [3.8, 4) is 0 Å². The summed E-state index contributed by atoms with van der Waals surface area (Å²) in [6, 6.07) is 9.60. The fraction of sp³-hybridized carbons (Fsp3) is 0.533. The number of hydrogen-bond acceptors (Lipinski definition) is 2. The zero-order valence-electron chi connectivity index (χ0n) is 12.6. The molecule has 0 bridgehead atoms. The lowest BCUT2D eigenvalue weighted by Crippen LogP contribution is -2.45. The summed E-state index contributed by atoms with van der Waals surface area (Å²) in [5.74, 6) is 0.144. The maximum atomic E-state index is 12.7. The Bertz CT molecular complexity index is 601. The summed E-state index contributed by atoms with van der Waals surface area (Å²) in [6.07, 6.45) is 0. The zero-order chi connectivity index (χ0) is 15.2. The van der Waals surface area contributed by atoms with Crippen molar-refractivity contribution in [3.63, 3.8) is 0 Å². The van der Waals surface area contributed by atoms with Gasteiger partial charge in [-0.3, -0.25) is 4.79 Å². The maximum Gasteiger partial charge on any atom is 0.253 e. The third kappa shape index (κ3) is 2.25. The molecule has 3 fully saturated rings. The van der Waals surface area contributed by atoms with Gasteiger partial charge in [-0.05, 0) is 23.9 Å². The largest absolute Gasteiger partial charge is 0.336 e.